The molecule has 0 saturated carbocycles. The fourth-order valence-corrected chi connectivity index (χ4v) is 5.89. The number of rotatable bonds is 6. The zero-order valence-electron chi connectivity index (χ0n) is 20.0. The van der Waals surface area contributed by atoms with Crippen LogP contribution < -0.4 is 14.1 Å². The van der Waals surface area contributed by atoms with Gasteiger partial charge in [-0.25, -0.2) is 9.96 Å². The zero-order valence-corrected chi connectivity index (χ0v) is 20.8. The molecule has 2 fully saturated rings. The highest BCUT2D eigenvalue weighted by Gasteiger charge is 2.60. The van der Waals surface area contributed by atoms with Gasteiger partial charge in [-0.2, -0.15) is 8.42 Å². The molecule has 4 aromatic carbocycles. The van der Waals surface area contributed by atoms with Crippen molar-refractivity contribution < 1.29 is 27.0 Å². The Kier molecular flexibility index (Phi) is 5.94. The maximum atomic E-state index is 13.8. The van der Waals surface area contributed by atoms with Crippen LogP contribution in [0.4, 0.5) is 11.4 Å². The summed E-state index contributed by atoms with van der Waals surface area (Å²) in [5, 5.41) is 1.50. The summed E-state index contributed by atoms with van der Waals surface area (Å²) in [7, 11) is -4.17. The molecule has 2 aliphatic rings. The van der Waals surface area contributed by atoms with Gasteiger partial charge in [-0.05, 0) is 42.5 Å². The summed E-state index contributed by atoms with van der Waals surface area (Å²) in [6.07, 6.45) is -1.09. The molecule has 0 N–H and O–H groups in total. The van der Waals surface area contributed by atoms with Crippen molar-refractivity contribution in [3.8, 4) is 5.75 Å². The third kappa shape index (κ3) is 4.02. The predicted molar refractivity (Wildman–Crippen MR) is 140 cm³/mol. The Bertz CT molecular complexity index is 1600. The second kappa shape index (κ2) is 9.44. The molecule has 0 spiro atoms. The largest absolute Gasteiger partial charge is 0.379 e. The lowest BCUT2D eigenvalue weighted by Crippen LogP contribution is -2.37. The number of anilines is 2. The average Bonchev–Trinajstić information content (AvgIpc) is 3.46. The maximum Gasteiger partial charge on any atom is 0.339 e. The van der Waals surface area contributed by atoms with Crippen LogP contribution in [0.2, 0.25) is 0 Å². The third-order valence-electron chi connectivity index (χ3n) is 6.61. The van der Waals surface area contributed by atoms with Crippen LogP contribution in [0.25, 0.3) is 0 Å². The summed E-state index contributed by atoms with van der Waals surface area (Å²) < 4.78 is 31.8. The third-order valence-corrected chi connectivity index (χ3v) is 7.86. The van der Waals surface area contributed by atoms with E-state index in [4.69, 9.17) is 9.02 Å². The summed E-state index contributed by atoms with van der Waals surface area (Å²) >= 11 is 0. The molecule has 6 rings (SSSR count). The smallest absolute Gasteiger partial charge is 0.339 e. The van der Waals surface area contributed by atoms with E-state index in [2.05, 4.69) is 0 Å². The van der Waals surface area contributed by atoms with Crippen LogP contribution in [0.1, 0.15) is 11.6 Å². The second-order valence-electron chi connectivity index (χ2n) is 8.89. The SMILES string of the molecule is O=C1[C@@H]2[C@H](ON(c3ccccc3)[C@@H]2c2ccccc2OS(=O)(=O)c2ccccc2)C(=O)N1c1ccccc1. The van der Waals surface area contributed by atoms with Gasteiger partial charge in [-0.3, -0.25) is 14.4 Å². The van der Waals surface area contributed by atoms with E-state index >= 15 is 0 Å². The Morgan fingerprint density at radius 1 is 0.658 bits per heavy atom. The van der Waals surface area contributed by atoms with Gasteiger partial charge in [0.1, 0.15) is 16.6 Å². The summed E-state index contributed by atoms with van der Waals surface area (Å²) in [5.74, 6) is -1.81. The summed E-state index contributed by atoms with van der Waals surface area (Å²) in [6, 6.07) is 31.3. The molecule has 38 heavy (non-hydrogen) atoms. The van der Waals surface area contributed by atoms with Gasteiger partial charge in [-0.1, -0.05) is 72.8 Å². The topological polar surface area (TPSA) is 93.2 Å². The van der Waals surface area contributed by atoms with E-state index in [1.165, 1.54) is 23.3 Å². The van der Waals surface area contributed by atoms with Crippen LogP contribution >= 0.6 is 0 Å². The molecule has 8 nitrogen and oxygen atoms in total. The van der Waals surface area contributed by atoms with Gasteiger partial charge in [0.05, 0.1) is 17.4 Å². The summed E-state index contributed by atoms with van der Waals surface area (Å²) in [6.45, 7) is 0. The molecule has 0 radical (unpaired) electrons. The molecule has 9 heteroatoms. The highest BCUT2D eigenvalue weighted by molar-refractivity contribution is 7.87. The van der Waals surface area contributed by atoms with Crippen molar-refractivity contribution in [2.24, 2.45) is 5.92 Å². The summed E-state index contributed by atoms with van der Waals surface area (Å²) in [5.41, 5.74) is 1.46. The lowest BCUT2D eigenvalue weighted by atomic mass is 9.90. The van der Waals surface area contributed by atoms with Crippen LogP contribution in [0, 0.1) is 5.92 Å². The maximum absolute atomic E-state index is 13.8. The molecule has 0 aromatic heterocycles. The lowest BCUT2D eigenvalue weighted by Gasteiger charge is -2.29. The highest BCUT2D eigenvalue weighted by Crippen LogP contribution is 2.49. The van der Waals surface area contributed by atoms with Crippen molar-refractivity contribution in [2.75, 3.05) is 9.96 Å². The average molecular weight is 527 g/mol. The number of hydrogen-bond acceptors (Lipinski definition) is 7. The van der Waals surface area contributed by atoms with E-state index in [0.717, 1.165) is 4.90 Å². The van der Waals surface area contributed by atoms with Crippen LogP contribution in [-0.4, -0.2) is 26.3 Å². The molecule has 4 aromatic rings. The molecular formula is C29H22N2O6S. The molecule has 2 amide bonds. The number of hydroxylamine groups is 1. The fourth-order valence-electron chi connectivity index (χ4n) is 4.91. The number of carbonyl (C=O) groups excluding carboxylic acids is 2. The number of carbonyl (C=O) groups is 2. The molecule has 2 aliphatic heterocycles. The number of para-hydroxylation sites is 3. The fraction of sp³-hybridized carbons (Fsp3) is 0.103. The Hall–Kier alpha value is -4.47. The van der Waals surface area contributed by atoms with Crippen molar-refractivity contribution in [1.29, 1.82) is 0 Å². The van der Waals surface area contributed by atoms with Gasteiger partial charge in [0, 0.05) is 5.56 Å². The first-order valence-corrected chi connectivity index (χ1v) is 13.4. The lowest BCUT2D eigenvalue weighted by molar-refractivity contribution is -0.126. The molecular weight excluding hydrogens is 504 g/mol. The number of imide groups is 1. The van der Waals surface area contributed by atoms with Crippen molar-refractivity contribution in [2.45, 2.75) is 17.0 Å². The zero-order chi connectivity index (χ0) is 26.3. The first kappa shape index (κ1) is 23.9. The van der Waals surface area contributed by atoms with Crippen molar-refractivity contribution in [3.63, 3.8) is 0 Å². The van der Waals surface area contributed by atoms with Crippen LogP contribution in [-0.2, 0) is 24.5 Å². The summed E-state index contributed by atoms with van der Waals surface area (Å²) in [4.78, 5) is 34.6. The minimum atomic E-state index is -4.17. The molecule has 0 bridgehead atoms. The molecule has 3 atom stereocenters. The van der Waals surface area contributed by atoms with E-state index in [-0.39, 0.29) is 10.6 Å². The number of fused-ring (bicyclic) bond motifs is 1. The predicted octanol–water partition coefficient (Wildman–Crippen LogP) is 4.51. The molecule has 2 saturated heterocycles. The monoisotopic (exact) mass is 526 g/mol. The number of amides is 2. The molecule has 190 valence electrons. The first-order valence-electron chi connectivity index (χ1n) is 12.0. The van der Waals surface area contributed by atoms with Gasteiger partial charge in [0.2, 0.25) is 5.91 Å². The van der Waals surface area contributed by atoms with Gasteiger partial charge < -0.3 is 4.18 Å². The minimum Gasteiger partial charge on any atom is -0.379 e. The molecule has 0 unspecified atom stereocenters. The van der Waals surface area contributed by atoms with Crippen molar-refractivity contribution >= 4 is 33.3 Å². The van der Waals surface area contributed by atoms with Gasteiger partial charge >= 0.3 is 10.1 Å². The first-order chi connectivity index (χ1) is 18.5. The van der Waals surface area contributed by atoms with Crippen LogP contribution in [0.5, 0.6) is 5.75 Å². The van der Waals surface area contributed by atoms with Crippen molar-refractivity contribution in [3.05, 3.63) is 121 Å². The van der Waals surface area contributed by atoms with E-state index < -0.39 is 40.0 Å². The quantitative estimate of drug-likeness (QED) is 0.270. The van der Waals surface area contributed by atoms with E-state index in [0.29, 0.717) is 16.9 Å². The Morgan fingerprint density at radius 2 is 1.21 bits per heavy atom. The van der Waals surface area contributed by atoms with Gasteiger partial charge in [0.15, 0.2) is 6.10 Å². The Morgan fingerprint density at radius 3 is 1.87 bits per heavy atom. The standard InChI is InChI=1S/C29H22N2O6S/c32-28-25-26(23-18-10-11-19-24(23)37-38(34,35)22-16-8-3-9-17-22)31(21-14-6-2-7-15-21)36-27(25)29(33)30(28)20-12-4-1-5-13-20/h1-19,25-27H/t25-,26+,27-/m0/s1. The normalized spacial score (nSPS) is 21.0. The van der Waals surface area contributed by atoms with Crippen LogP contribution in [0.15, 0.2) is 120 Å². The number of benzene rings is 4. The second-order valence-corrected chi connectivity index (χ2v) is 10.4. The van der Waals surface area contributed by atoms with Gasteiger partial charge in [0.25, 0.3) is 5.91 Å². The van der Waals surface area contributed by atoms with E-state index in [1.807, 2.05) is 18.2 Å². The molecule has 0 aliphatic carbocycles. The minimum absolute atomic E-state index is 0.00218. The van der Waals surface area contributed by atoms with E-state index in [1.54, 1.807) is 78.9 Å². The number of hydrogen-bond donors (Lipinski definition) is 0. The Labute approximate surface area is 219 Å². The van der Waals surface area contributed by atoms with Crippen LogP contribution in [0.3, 0.4) is 0 Å². The Balaban J connectivity index is 1.45. The van der Waals surface area contributed by atoms with Crippen molar-refractivity contribution in [1.82, 2.24) is 0 Å². The highest BCUT2D eigenvalue weighted by atomic mass is 32.2. The van der Waals surface area contributed by atoms with E-state index in [9.17, 15) is 18.0 Å². The van der Waals surface area contributed by atoms with Gasteiger partial charge in [-0.15, -0.1) is 0 Å². The number of nitrogens with zero attached hydrogens (tertiary/aromatic N) is 2. The molecule has 2 heterocycles.